The molecule has 2 aliphatic rings. The maximum atomic E-state index is 12.6. The zero-order valence-corrected chi connectivity index (χ0v) is 21.8. The molecule has 0 bridgehead atoms. The first-order valence-corrected chi connectivity index (χ1v) is 14.0. The number of esters is 1. The summed E-state index contributed by atoms with van der Waals surface area (Å²) in [7, 11) is 1.43. The molecular formula is C30H42N2O4. The lowest BCUT2D eigenvalue weighted by Crippen LogP contribution is -2.25. The molecule has 2 aliphatic carbocycles. The molecule has 0 aliphatic heterocycles. The molecule has 1 aromatic heterocycles. The SMILES string of the molecule is COC(=O)CCc1ccccc1C[C@@H]1CCC[C@@H]1c1nc(C(=O)NCCCCC2CCCCC2)co1. The normalized spacial score (nSPS) is 20.4. The van der Waals surface area contributed by atoms with Gasteiger partial charge in [0.15, 0.2) is 11.6 Å². The molecule has 0 unspecified atom stereocenters. The van der Waals surface area contributed by atoms with Crippen LogP contribution in [0.5, 0.6) is 0 Å². The van der Waals surface area contributed by atoms with Gasteiger partial charge in [0.1, 0.15) is 6.26 Å². The van der Waals surface area contributed by atoms with Crippen LogP contribution in [0, 0.1) is 11.8 Å². The fourth-order valence-corrected chi connectivity index (χ4v) is 6.12. The van der Waals surface area contributed by atoms with Crippen LogP contribution in [0.15, 0.2) is 34.9 Å². The summed E-state index contributed by atoms with van der Waals surface area (Å²) in [5.41, 5.74) is 2.86. The van der Waals surface area contributed by atoms with E-state index in [1.807, 2.05) is 6.07 Å². The van der Waals surface area contributed by atoms with Gasteiger partial charge >= 0.3 is 5.97 Å². The number of hydrogen-bond acceptors (Lipinski definition) is 5. The number of benzene rings is 1. The predicted molar refractivity (Wildman–Crippen MR) is 140 cm³/mol. The second kappa shape index (κ2) is 13.6. The van der Waals surface area contributed by atoms with Gasteiger partial charge in [-0.25, -0.2) is 4.98 Å². The first kappa shape index (κ1) is 26.4. The molecular weight excluding hydrogens is 452 g/mol. The smallest absolute Gasteiger partial charge is 0.305 e. The minimum Gasteiger partial charge on any atom is -0.469 e. The Morgan fingerprint density at radius 2 is 1.83 bits per heavy atom. The number of aryl methyl sites for hydroxylation is 1. The van der Waals surface area contributed by atoms with Gasteiger partial charge in [0, 0.05) is 18.9 Å². The van der Waals surface area contributed by atoms with Crippen LogP contribution >= 0.6 is 0 Å². The number of amides is 1. The Morgan fingerprint density at radius 3 is 2.64 bits per heavy atom. The molecule has 0 saturated heterocycles. The van der Waals surface area contributed by atoms with E-state index in [4.69, 9.17) is 9.15 Å². The van der Waals surface area contributed by atoms with Crippen LogP contribution in [0.3, 0.4) is 0 Å². The highest BCUT2D eigenvalue weighted by molar-refractivity contribution is 5.91. The van der Waals surface area contributed by atoms with E-state index in [0.29, 0.717) is 36.9 Å². The van der Waals surface area contributed by atoms with E-state index >= 15 is 0 Å². The third-order valence-electron chi connectivity index (χ3n) is 8.21. The van der Waals surface area contributed by atoms with Crippen molar-refractivity contribution in [3.63, 3.8) is 0 Å². The Morgan fingerprint density at radius 1 is 1.03 bits per heavy atom. The first-order valence-electron chi connectivity index (χ1n) is 14.0. The third-order valence-corrected chi connectivity index (χ3v) is 8.21. The minimum absolute atomic E-state index is 0.134. The Balaban J connectivity index is 1.26. The lowest BCUT2D eigenvalue weighted by Gasteiger charge is -2.21. The molecule has 0 radical (unpaired) electrons. The van der Waals surface area contributed by atoms with Crippen molar-refractivity contribution in [3.8, 4) is 0 Å². The number of aromatic nitrogens is 1. The second-order valence-electron chi connectivity index (χ2n) is 10.7. The van der Waals surface area contributed by atoms with Crippen molar-refractivity contribution >= 4 is 11.9 Å². The van der Waals surface area contributed by atoms with Crippen LogP contribution in [0.25, 0.3) is 0 Å². The van der Waals surface area contributed by atoms with E-state index in [2.05, 4.69) is 28.5 Å². The van der Waals surface area contributed by atoms with Crippen molar-refractivity contribution in [1.82, 2.24) is 10.3 Å². The number of carbonyl (C=O) groups is 2. The maximum Gasteiger partial charge on any atom is 0.305 e. The summed E-state index contributed by atoms with van der Waals surface area (Å²) in [6.07, 6.45) is 17.2. The molecule has 6 nitrogen and oxygen atoms in total. The van der Waals surface area contributed by atoms with Crippen LogP contribution in [0.2, 0.25) is 0 Å². The number of nitrogens with zero attached hydrogens (tertiary/aromatic N) is 1. The highest BCUT2D eigenvalue weighted by atomic mass is 16.5. The van der Waals surface area contributed by atoms with Crippen molar-refractivity contribution in [2.24, 2.45) is 11.8 Å². The van der Waals surface area contributed by atoms with Gasteiger partial charge in [-0.3, -0.25) is 9.59 Å². The number of rotatable bonds is 12. The number of ether oxygens (including phenoxy) is 1. The highest BCUT2D eigenvalue weighted by Gasteiger charge is 2.33. The van der Waals surface area contributed by atoms with Crippen LogP contribution < -0.4 is 5.32 Å². The second-order valence-corrected chi connectivity index (χ2v) is 10.7. The Labute approximate surface area is 215 Å². The molecule has 1 aromatic carbocycles. The van der Waals surface area contributed by atoms with Crippen LogP contribution in [-0.4, -0.2) is 30.5 Å². The fourth-order valence-electron chi connectivity index (χ4n) is 6.12. The monoisotopic (exact) mass is 494 g/mol. The molecule has 2 saturated carbocycles. The van der Waals surface area contributed by atoms with Gasteiger partial charge in [-0.05, 0) is 55.1 Å². The molecule has 2 fully saturated rings. The summed E-state index contributed by atoms with van der Waals surface area (Å²) in [5.74, 6) is 1.90. The van der Waals surface area contributed by atoms with E-state index in [9.17, 15) is 9.59 Å². The number of unbranched alkanes of at least 4 members (excludes halogenated alkanes) is 1. The van der Waals surface area contributed by atoms with E-state index in [1.165, 1.54) is 69.4 Å². The lowest BCUT2D eigenvalue weighted by molar-refractivity contribution is -0.140. The summed E-state index contributed by atoms with van der Waals surface area (Å²) in [4.78, 5) is 28.9. The molecule has 6 heteroatoms. The average molecular weight is 495 g/mol. The molecule has 2 aromatic rings. The molecule has 1 N–H and O–H groups in total. The van der Waals surface area contributed by atoms with Crippen LogP contribution in [-0.2, 0) is 22.4 Å². The van der Waals surface area contributed by atoms with Crippen LogP contribution in [0.1, 0.15) is 110 Å². The van der Waals surface area contributed by atoms with Gasteiger partial charge in [0.05, 0.1) is 7.11 Å². The summed E-state index contributed by atoms with van der Waals surface area (Å²) in [6.45, 7) is 0.697. The molecule has 1 amide bonds. The molecule has 4 rings (SSSR count). The summed E-state index contributed by atoms with van der Waals surface area (Å²) >= 11 is 0. The largest absolute Gasteiger partial charge is 0.469 e. The van der Waals surface area contributed by atoms with Gasteiger partial charge in [-0.1, -0.05) is 75.6 Å². The van der Waals surface area contributed by atoms with Crippen molar-refractivity contribution in [3.05, 3.63) is 53.2 Å². The van der Waals surface area contributed by atoms with Gasteiger partial charge < -0.3 is 14.5 Å². The van der Waals surface area contributed by atoms with Gasteiger partial charge in [-0.2, -0.15) is 0 Å². The van der Waals surface area contributed by atoms with Crippen molar-refractivity contribution < 1.29 is 18.7 Å². The number of nitrogens with one attached hydrogen (secondary N) is 1. The van der Waals surface area contributed by atoms with E-state index in [1.54, 1.807) is 0 Å². The zero-order valence-electron chi connectivity index (χ0n) is 21.8. The number of oxazole rings is 1. The van der Waals surface area contributed by atoms with E-state index in [0.717, 1.165) is 38.0 Å². The predicted octanol–water partition coefficient (Wildman–Crippen LogP) is 6.39. The van der Waals surface area contributed by atoms with E-state index < -0.39 is 0 Å². The van der Waals surface area contributed by atoms with Crippen LogP contribution in [0.4, 0.5) is 0 Å². The molecule has 1 heterocycles. The highest BCUT2D eigenvalue weighted by Crippen LogP contribution is 2.41. The van der Waals surface area contributed by atoms with Gasteiger partial charge in [0.25, 0.3) is 5.91 Å². The molecule has 196 valence electrons. The number of carbonyl (C=O) groups excluding carboxylic acids is 2. The maximum absolute atomic E-state index is 12.6. The molecule has 36 heavy (non-hydrogen) atoms. The standard InChI is InChI=1S/C30H42N2O4/c1-35-28(33)18-17-23-13-5-6-14-24(23)20-25-15-9-16-26(25)30-32-27(21-36-30)29(34)31-19-8-7-12-22-10-3-2-4-11-22/h5-6,13-14,21-22,25-26H,2-4,7-12,15-20H2,1H3,(H,31,34)/t25-,26-/m0/s1. The Bertz CT molecular complexity index is 979. The quantitative estimate of drug-likeness (QED) is 0.273. The lowest BCUT2D eigenvalue weighted by atomic mass is 9.86. The Kier molecular flexibility index (Phi) is 10.00. The fraction of sp³-hybridized carbons (Fsp3) is 0.633. The van der Waals surface area contributed by atoms with Gasteiger partial charge in [0.2, 0.25) is 0 Å². The van der Waals surface area contributed by atoms with Crippen molar-refractivity contribution in [2.75, 3.05) is 13.7 Å². The minimum atomic E-state index is -0.182. The average Bonchev–Trinajstić information content (AvgIpc) is 3.58. The van der Waals surface area contributed by atoms with Crippen molar-refractivity contribution in [1.29, 1.82) is 0 Å². The summed E-state index contributed by atoms with van der Waals surface area (Å²) < 4.78 is 10.6. The summed E-state index contributed by atoms with van der Waals surface area (Å²) in [5, 5.41) is 3.03. The topological polar surface area (TPSA) is 81.4 Å². The zero-order chi connectivity index (χ0) is 25.2. The summed E-state index contributed by atoms with van der Waals surface area (Å²) in [6, 6.07) is 8.34. The molecule has 0 spiro atoms. The third kappa shape index (κ3) is 7.44. The Hall–Kier alpha value is -2.63. The number of methoxy groups -OCH3 is 1. The van der Waals surface area contributed by atoms with Gasteiger partial charge in [-0.15, -0.1) is 0 Å². The van der Waals surface area contributed by atoms with Crippen molar-refractivity contribution in [2.45, 2.75) is 95.8 Å². The number of hydrogen-bond donors (Lipinski definition) is 1. The first-order chi connectivity index (χ1) is 17.6. The van der Waals surface area contributed by atoms with E-state index in [-0.39, 0.29) is 17.8 Å². The molecule has 2 atom stereocenters.